The van der Waals surface area contributed by atoms with E-state index < -0.39 is 0 Å². The van der Waals surface area contributed by atoms with Crippen LogP contribution in [0.25, 0.3) is 0 Å². The standard InChI is InChI=1S/C23H31N5O/c1-18-11-13-25-23(26-18)28-15-5-9-20(17-28)22(29)24-12-6-16-27-14-4-8-19-7-2-3-10-21(19)27/h2-3,7,10-11,13,20H,4-6,8-9,12,14-17H2,1H3,(H,24,29). The zero-order valence-corrected chi connectivity index (χ0v) is 17.3. The van der Waals surface area contributed by atoms with Gasteiger partial charge in [-0.3, -0.25) is 4.79 Å². The largest absolute Gasteiger partial charge is 0.371 e. The predicted octanol–water partition coefficient (Wildman–Crippen LogP) is 2.96. The van der Waals surface area contributed by atoms with Crippen LogP contribution in [0.3, 0.4) is 0 Å². The lowest BCUT2D eigenvalue weighted by atomic mass is 9.97. The maximum atomic E-state index is 12.7. The quantitative estimate of drug-likeness (QED) is 0.765. The van der Waals surface area contributed by atoms with E-state index in [1.807, 2.05) is 13.0 Å². The van der Waals surface area contributed by atoms with Crippen molar-refractivity contribution in [3.63, 3.8) is 0 Å². The smallest absolute Gasteiger partial charge is 0.225 e. The Morgan fingerprint density at radius 2 is 2.10 bits per heavy atom. The van der Waals surface area contributed by atoms with Crippen LogP contribution >= 0.6 is 0 Å². The Balaban J connectivity index is 1.24. The molecule has 6 heteroatoms. The van der Waals surface area contributed by atoms with Crippen LogP contribution in [0.4, 0.5) is 11.6 Å². The highest BCUT2D eigenvalue weighted by molar-refractivity contribution is 5.79. The summed E-state index contributed by atoms with van der Waals surface area (Å²) in [6, 6.07) is 10.6. The molecule has 3 heterocycles. The van der Waals surface area contributed by atoms with Crippen molar-refractivity contribution in [2.24, 2.45) is 5.92 Å². The summed E-state index contributed by atoms with van der Waals surface area (Å²) < 4.78 is 0. The summed E-state index contributed by atoms with van der Waals surface area (Å²) in [6.45, 7) is 6.43. The highest BCUT2D eigenvalue weighted by Crippen LogP contribution is 2.26. The number of hydrogen-bond donors (Lipinski definition) is 1. The van der Waals surface area contributed by atoms with Gasteiger partial charge in [0.2, 0.25) is 11.9 Å². The molecular weight excluding hydrogens is 362 g/mol. The Kier molecular flexibility index (Phi) is 6.27. The van der Waals surface area contributed by atoms with E-state index in [1.165, 1.54) is 24.1 Å². The number of para-hydroxylation sites is 1. The summed E-state index contributed by atoms with van der Waals surface area (Å²) in [6.07, 6.45) is 7.08. The maximum Gasteiger partial charge on any atom is 0.225 e. The van der Waals surface area contributed by atoms with Gasteiger partial charge in [0.1, 0.15) is 0 Å². The Morgan fingerprint density at radius 1 is 1.21 bits per heavy atom. The summed E-state index contributed by atoms with van der Waals surface area (Å²) in [5, 5.41) is 3.17. The molecule has 1 aromatic carbocycles. The van der Waals surface area contributed by atoms with Crippen molar-refractivity contribution in [3.8, 4) is 0 Å². The van der Waals surface area contributed by atoms with Gasteiger partial charge >= 0.3 is 0 Å². The van der Waals surface area contributed by atoms with Crippen LogP contribution < -0.4 is 15.1 Å². The van der Waals surface area contributed by atoms with Crippen molar-refractivity contribution in [1.29, 1.82) is 0 Å². The Morgan fingerprint density at radius 3 is 3.00 bits per heavy atom. The van der Waals surface area contributed by atoms with E-state index in [1.54, 1.807) is 6.20 Å². The van der Waals surface area contributed by atoms with E-state index in [2.05, 4.69) is 49.4 Å². The predicted molar refractivity (Wildman–Crippen MR) is 116 cm³/mol. The first-order chi connectivity index (χ1) is 14.2. The molecule has 154 valence electrons. The van der Waals surface area contributed by atoms with E-state index in [4.69, 9.17) is 0 Å². The minimum atomic E-state index is 0.0172. The van der Waals surface area contributed by atoms with Gasteiger partial charge in [-0.2, -0.15) is 0 Å². The molecule has 0 spiro atoms. The van der Waals surface area contributed by atoms with Gasteiger partial charge in [-0.15, -0.1) is 0 Å². The van der Waals surface area contributed by atoms with Crippen molar-refractivity contribution in [2.75, 3.05) is 42.5 Å². The second kappa shape index (κ2) is 9.25. The van der Waals surface area contributed by atoms with E-state index in [0.717, 1.165) is 57.1 Å². The number of rotatable bonds is 6. The maximum absolute atomic E-state index is 12.7. The second-order valence-electron chi connectivity index (χ2n) is 8.15. The molecule has 1 aromatic heterocycles. The van der Waals surface area contributed by atoms with E-state index in [-0.39, 0.29) is 11.8 Å². The number of hydrogen-bond acceptors (Lipinski definition) is 5. The van der Waals surface area contributed by atoms with E-state index in [0.29, 0.717) is 6.54 Å². The number of carbonyl (C=O) groups excluding carboxylic acids is 1. The summed E-state index contributed by atoms with van der Waals surface area (Å²) in [5.74, 6) is 0.927. The fourth-order valence-electron chi connectivity index (χ4n) is 4.43. The van der Waals surface area contributed by atoms with Gasteiger partial charge in [-0.1, -0.05) is 18.2 Å². The number of fused-ring (bicyclic) bond motifs is 1. The van der Waals surface area contributed by atoms with Gasteiger partial charge in [0.05, 0.1) is 5.92 Å². The molecular formula is C23H31N5O. The number of piperidine rings is 1. The first-order valence-electron chi connectivity index (χ1n) is 10.9. The monoisotopic (exact) mass is 393 g/mol. The normalized spacial score (nSPS) is 19.0. The van der Waals surface area contributed by atoms with Gasteiger partial charge in [0.15, 0.2) is 0 Å². The molecule has 1 fully saturated rings. The zero-order chi connectivity index (χ0) is 20.1. The number of nitrogens with zero attached hydrogens (tertiary/aromatic N) is 4. The number of carbonyl (C=O) groups is 1. The number of nitrogens with one attached hydrogen (secondary N) is 1. The third kappa shape index (κ3) is 4.86. The molecule has 0 radical (unpaired) electrons. The van der Waals surface area contributed by atoms with Gasteiger partial charge in [0.25, 0.3) is 0 Å². The van der Waals surface area contributed by atoms with Gasteiger partial charge in [-0.05, 0) is 56.7 Å². The number of amides is 1. The minimum absolute atomic E-state index is 0.0172. The molecule has 1 atom stereocenters. The first kappa shape index (κ1) is 19.7. The molecule has 0 bridgehead atoms. The molecule has 1 amide bonds. The lowest BCUT2D eigenvalue weighted by Gasteiger charge is -2.32. The van der Waals surface area contributed by atoms with Crippen LogP contribution in [0.5, 0.6) is 0 Å². The van der Waals surface area contributed by atoms with Crippen LogP contribution in [0, 0.1) is 12.8 Å². The fraction of sp³-hybridized carbons (Fsp3) is 0.522. The molecule has 29 heavy (non-hydrogen) atoms. The lowest BCUT2D eigenvalue weighted by Crippen LogP contribution is -2.44. The van der Waals surface area contributed by atoms with Gasteiger partial charge < -0.3 is 15.1 Å². The Hall–Kier alpha value is -2.63. The number of anilines is 2. The van der Waals surface area contributed by atoms with E-state index >= 15 is 0 Å². The van der Waals surface area contributed by atoms with Crippen LogP contribution in [-0.2, 0) is 11.2 Å². The number of aryl methyl sites for hydroxylation is 2. The number of aromatic nitrogens is 2. The van der Waals surface area contributed by atoms with E-state index in [9.17, 15) is 4.79 Å². The molecule has 4 rings (SSSR count). The molecule has 1 unspecified atom stereocenters. The molecule has 6 nitrogen and oxygen atoms in total. The molecule has 2 aliphatic heterocycles. The summed E-state index contributed by atoms with van der Waals surface area (Å²) in [7, 11) is 0. The molecule has 2 aromatic rings. The van der Waals surface area contributed by atoms with Crippen LogP contribution in [0.1, 0.15) is 36.9 Å². The molecule has 0 saturated carbocycles. The SMILES string of the molecule is Cc1ccnc(N2CCCC(C(=O)NCCCN3CCCc4ccccc43)C2)n1. The fourth-order valence-corrected chi connectivity index (χ4v) is 4.43. The third-order valence-electron chi connectivity index (χ3n) is 5.97. The molecule has 1 N–H and O–H groups in total. The van der Waals surface area contributed by atoms with Crippen molar-refractivity contribution in [1.82, 2.24) is 15.3 Å². The number of benzene rings is 1. The molecule has 2 aliphatic rings. The zero-order valence-electron chi connectivity index (χ0n) is 17.3. The van der Waals surface area contributed by atoms with Crippen molar-refractivity contribution in [3.05, 3.63) is 47.8 Å². The van der Waals surface area contributed by atoms with Crippen LogP contribution in [0.2, 0.25) is 0 Å². The summed E-state index contributed by atoms with van der Waals surface area (Å²) in [4.78, 5) is 26.2. The van der Waals surface area contributed by atoms with Crippen molar-refractivity contribution >= 4 is 17.5 Å². The third-order valence-corrected chi connectivity index (χ3v) is 5.97. The van der Waals surface area contributed by atoms with Gasteiger partial charge in [-0.25, -0.2) is 9.97 Å². The van der Waals surface area contributed by atoms with Crippen LogP contribution in [0.15, 0.2) is 36.5 Å². The minimum Gasteiger partial charge on any atom is -0.371 e. The highest BCUT2D eigenvalue weighted by atomic mass is 16.1. The Labute approximate surface area is 173 Å². The topological polar surface area (TPSA) is 61.4 Å². The van der Waals surface area contributed by atoms with Crippen molar-refractivity contribution < 1.29 is 4.79 Å². The Bertz CT molecular complexity index is 840. The summed E-state index contributed by atoms with van der Waals surface area (Å²) in [5.41, 5.74) is 3.77. The summed E-state index contributed by atoms with van der Waals surface area (Å²) >= 11 is 0. The molecule has 1 saturated heterocycles. The highest BCUT2D eigenvalue weighted by Gasteiger charge is 2.27. The van der Waals surface area contributed by atoms with Gasteiger partial charge in [0, 0.05) is 50.3 Å². The van der Waals surface area contributed by atoms with Crippen LogP contribution in [-0.4, -0.2) is 48.6 Å². The average Bonchev–Trinajstić information content (AvgIpc) is 2.77. The second-order valence-corrected chi connectivity index (χ2v) is 8.15. The molecule has 0 aliphatic carbocycles. The average molecular weight is 394 g/mol. The first-order valence-corrected chi connectivity index (χ1v) is 10.9. The lowest BCUT2D eigenvalue weighted by molar-refractivity contribution is -0.125. The van der Waals surface area contributed by atoms with Crippen molar-refractivity contribution in [2.45, 2.75) is 39.0 Å².